The third-order valence-electron chi connectivity index (χ3n) is 3.87. The Morgan fingerprint density at radius 2 is 2.04 bits per heavy atom. The molecule has 1 aliphatic rings. The Morgan fingerprint density at radius 1 is 1.36 bits per heavy atom. The molecule has 0 saturated heterocycles. The van der Waals surface area contributed by atoms with E-state index in [-0.39, 0.29) is 30.6 Å². The molecule has 9 heteroatoms. The van der Waals surface area contributed by atoms with Crippen molar-refractivity contribution in [3.8, 4) is 0 Å². The van der Waals surface area contributed by atoms with Crippen LogP contribution in [-0.4, -0.2) is 44.2 Å². The molecule has 0 spiro atoms. The minimum Gasteiger partial charge on any atom is -0.503 e. The first-order chi connectivity index (χ1) is 11.7. The number of benzene rings is 1. The van der Waals surface area contributed by atoms with E-state index in [0.29, 0.717) is 5.56 Å². The Bertz CT molecular complexity index is 784. The van der Waals surface area contributed by atoms with Crippen LogP contribution < -0.4 is 0 Å². The van der Waals surface area contributed by atoms with E-state index in [1.165, 1.54) is 31.2 Å². The van der Waals surface area contributed by atoms with Crippen molar-refractivity contribution in [1.82, 2.24) is 4.90 Å². The van der Waals surface area contributed by atoms with E-state index in [0.717, 1.165) is 4.90 Å². The molecule has 1 heterocycles. The highest BCUT2D eigenvalue weighted by atomic mass is 16.6. The number of Topliss-reactive ketones (excluding diaryl/α,β-unsaturated/α-hetero) is 1. The molecule has 1 atom stereocenters. The molecular weight excluding hydrogens is 332 g/mol. The summed E-state index contributed by atoms with van der Waals surface area (Å²) in [6, 6.07) is 4.44. The van der Waals surface area contributed by atoms with Crippen LogP contribution in [0, 0.1) is 10.1 Å². The fourth-order valence-electron chi connectivity index (χ4n) is 2.80. The topological polar surface area (TPSA) is 138 Å². The number of hydrogen-bond acceptors (Lipinski definition) is 6. The second kappa shape index (κ2) is 7.12. The van der Waals surface area contributed by atoms with E-state index in [9.17, 15) is 29.6 Å². The van der Waals surface area contributed by atoms with Crippen molar-refractivity contribution in [3.63, 3.8) is 0 Å². The highest BCUT2D eigenvalue weighted by Crippen LogP contribution is 2.38. The molecule has 0 fully saturated rings. The maximum Gasteiger partial charge on any atom is 0.303 e. The van der Waals surface area contributed by atoms with Crippen LogP contribution >= 0.6 is 0 Å². The summed E-state index contributed by atoms with van der Waals surface area (Å²) in [5, 5.41) is 29.7. The number of nitro benzene ring substituents is 1. The lowest BCUT2D eigenvalue weighted by atomic mass is 9.96. The second-order valence-corrected chi connectivity index (χ2v) is 5.57. The summed E-state index contributed by atoms with van der Waals surface area (Å²) in [6.07, 6.45) is -0.0768. The lowest BCUT2D eigenvalue weighted by Gasteiger charge is -2.26. The number of carboxylic acids is 1. The number of amides is 1. The SMILES string of the molecule is CC(=O)C1=C(O)C(=O)N(CCCC(=O)O)[C@H]1c1cccc([N+](=O)[O-])c1. The van der Waals surface area contributed by atoms with E-state index in [2.05, 4.69) is 0 Å². The molecule has 1 aromatic carbocycles. The summed E-state index contributed by atoms with van der Waals surface area (Å²) in [4.78, 5) is 46.4. The predicted octanol–water partition coefficient (Wildman–Crippen LogP) is 1.74. The standard InChI is InChI=1S/C16H16N2O7/c1-9(19)13-14(10-4-2-5-11(8-10)18(24)25)17(16(23)15(13)22)7-3-6-12(20)21/h2,4-5,8,14,22H,3,6-7H2,1H3,(H,20,21)/t14-/m0/s1. The lowest BCUT2D eigenvalue weighted by molar-refractivity contribution is -0.384. The molecule has 25 heavy (non-hydrogen) atoms. The summed E-state index contributed by atoms with van der Waals surface area (Å²) in [6.45, 7) is 1.17. The van der Waals surface area contributed by atoms with Gasteiger partial charge in [0.2, 0.25) is 0 Å². The Balaban J connectivity index is 2.44. The molecule has 1 aliphatic heterocycles. The van der Waals surface area contributed by atoms with Crippen molar-refractivity contribution in [3.05, 3.63) is 51.3 Å². The maximum atomic E-state index is 12.3. The van der Waals surface area contributed by atoms with Gasteiger partial charge in [-0.2, -0.15) is 0 Å². The minimum atomic E-state index is -1.04. The van der Waals surface area contributed by atoms with E-state index < -0.39 is 34.4 Å². The van der Waals surface area contributed by atoms with Gasteiger partial charge in [-0.3, -0.25) is 24.5 Å². The van der Waals surface area contributed by atoms with Gasteiger partial charge in [-0.25, -0.2) is 0 Å². The van der Waals surface area contributed by atoms with Crippen LogP contribution in [0.25, 0.3) is 0 Å². The number of aliphatic carboxylic acids is 1. The van der Waals surface area contributed by atoms with Crippen LogP contribution in [0.5, 0.6) is 0 Å². The molecule has 9 nitrogen and oxygen atoms in total. The molecule has 0 aliphatic carbocycles. The molecule has 0 aromatic heterocycles. The van der Waals surface area contributed by atoms with Crippen molar-refractivity contribution < 1.29 is 29.5 Å². The van der Waals surface area contributed by atoms with Crippen LogP contribution in [-0.2, 0) is 14.4 Å². The molecule has 0 radical (unpaired) electrons. The molecule has 0 unspecified atom stereocenters. The van der Waals surface area contributed by atoms with Crippen molar-refractivity contribution in [1.29, 1.82) is 0 Å². The van der Waals surface area contributed by atoms with Gasteiger partial charge in [-0.1, -0.05) is 12.1 Å². The molecule has 132 valence electrons. The normalized spacial score (nSPS) is 17.1. The zero-order chi connectivity index (χ0) is 18.7. The molecular formula is C16H16N2O7. The number of nitro groups is 1. The first kappa shape index (κ1) is 18.1. The zero-order valence-corrected chi connectivity index (χ0v) is 13.3. The van der Waals surface area contributed by atoms with Crippen molar-refractivity contribution in [2.24, 2.45) is 0 Å². The van der Waals surface area contributed by atoms with E-state index in [1.807, 2.05) is 0 Å². The van der Waals surface area contributed by atoms with Crippen LogP contribution in [0.15, 0.2) is 35.6 Å². The second-order valence-electron chi connectivity index (χ2n) is 5.57. The summed E-state index contributed by atoms with van der Waals surface area (Å²) in [7, 11) is 0. The minimum absolute atomic E-state index is 0.0146. The number of aliphatic hydroxyl groups is 1. The molecule has 0 bridgehead atoms. The van der Waals surface area contributed by atoms with Crippen molar-refractivity contribution >= 4 is 23.3 Å². The number of ketones is 1. The molecule has 1 aromatic rings. The number of rotatable bonds is 7. The lowest BCUT2D eigenvalue weighted by Crippen LogP contribution is -2.32. The van der Waals surface area contributed by atoms with Crippen LogP contribution in [0.1, 0.15) is 31.4 Å². The Hall–Kier alpha value is -3.23. The third kappa shape index (κ3) is 3.65. The van der Waals surface area contributed by atoms with Gasteiger partial charge in [-0.05, 0) is 18.9 Å². The molecule has 2 N–H and O–H groups in total. The number of aliphatic hydroxyl groups excluding tert-OH is 1. The van der Waals surface area contributed by atoms with Gasteiger partial charge in [-0.15, -0.1) is 0 Å². The number of carbonyl (C=O) groups is 3. The van der Waals surface area contributed by atoms with Gasteiger partial charge < -0.3 is 15.1 Å². The van der Waals surface area contributed by atoms with E-state index in [1.54, 1.807) is 0 Å². The zero-order valence-electron chi connectivity index (χ0n) is 13.3. The summed E-state index contributed by atoms with van der Waals surface area (Å²) in [5.41, 5.74) is -0.0716. The van der Waals surface area contributed by atoms with Crippen LogP contribution in [0.4, 0.5) is 5.69 Å². The number of hydrogen-bond donors (Lipinski definition) is 2. The quantitative estimate of drug-likeness (QED) is 0.565. The van der Waals surface area contributed by atoms with Crippen LogP contribution in [0.3, 0.4) is 0 Å². The summed E-state index contributed by atoms with van der Waals surface area (Å²) >= 11 is 0. The van der Waals surface area contributed by atoms with E-state index in [4.69, 9.17) is 5.11 Å². The van der Waals surface area contributed by atoms with Crippen LogP contribution in [0.2, 0.25) is 0 Å². The average Bonchev–Trinajstić information content (AvgIpc) is 2.79. The summed E-state index contributed by atoms with van der Waals surface area (Å²) < 4.78 is 0. The van der Waals surface area contributed by atoms with Gasteiger partial charge in [0.1, 0.15) is 0 Å². The van der Waals surface area contributed by atoms with Gasteiger partial charge >= 0.3 is 5.97 Å². The fourth-order valence-corrected chi connectivity index (χ4v) is 2.80. The van der Waals surface area contributed by atoms with Gasteiger partial charge in [0.05, 0.1) is 16.5 Å². The van der Waals surface area contributed by atoms with Gasteiger partial charge in [0.25, 0.3) is 11.6 Å². The molecule has 0 saturated carbocycles. The number of non-ortho nitro benzene ring substituents is 1. The maximum absolute atomic E-state index is 12.3. The Morgan fingerprint density at radius 3 is 2.60 bits per heavy atom. The number of carboxylic acid groups (broad SMARTS) is 1. The Kier molecular flexibility index (Phi) is 5.16. The van der Waals surface area contributed by atoms with Gasteiger partial charge in [0, 0.05) is 25.1 Å². The van der Waals surface area contributed by atoms with Crippen molar-refractivity contribution in [2.75, 3.05) is 6.54 Å². The highest BCUT2D eigenvalue weighted by Gasteiger charge is 2.42. The molecule has 2 rings (SSSR count). The third-order valence-corrected chi connectivity index (χ3v) is 3.87. The van der Waals surface area contributed by atoms with E-state index >= 15 is 0 Å². The summed E-state index contributed by atoms with van der Waals surface area (Å²) in [5.74, 6) is -3.09. The smallest absolute Gasteiger partial charge is 0.303 e. The number of carbonyl (C=O) groups excluding carboxylic acids is 2. The fraction of sp³-hybridized carbons (Fsp3) is 0.312. The van der Waals surface area contributed by atoms with Gasteiger partial charge in [0.15, 0.2) is 11.5 Å². The van der Waals surface area contributed by atoms with Crippen molar-refractivity contribution in [2.45, 2.75) is 25.8 Å². The monoisotopic (exact) mass is 348 g/mol. The first-order valence-corrected chi connectivity index (χ1v) is 7.45. The average molecular weight is 348 g/mol. The Labute approximate surface area is 142 Å². The predicted molar refractivity (Wildman–Crippen MR) is 84.8 cm³/mol. The first-order valence-electron chi connectivity index (χ1n) is 7.45. The molecule has 1 amide bonds. The highest BCUT2D eigenvalue weighted by molar-refractivity contribution is 6.08. The number of nitrogens with zero attached hydrogens (tertiary/aromatic N) is 2. The largest absolute Gasteiger partial charge is 0.503 e.